The predicted octanol–water partition coefficient (Wildman–Crippen LogP) is 1.33. The van der Waals surface area contributed by atoms with Crippen molar-refractivity contribution in [1.82, 2.24) is 10.6 Å². The van der Waals surface area contributed by atoms with Crippen molar-refractivity contribution in [2.75, 3.05) is 32.8 Å². The van der Waals surface area contributed by atoms with Gasteiger partial charge in [0.05, 0.1) is 25.7 Å². The second-order valence-corrected chi connectivity index (χ2v) is 7.97. The molecule has 2 amide bonds. The average molecular weight is 411 g/mol. The largest absolute Gasteiger partial charge is 0.370 e. The summed E-state index contributed by atoms with van der Waals surface area (Å²) in [7, 11) is 0. The Balaban J connectivity index is 1.72. The fourth-order valence-corrected chi connectivity index (χ4v) is 3.83. The summed E-state index contributed by atoms with van der Waals surface area (Å²) in [5.41, 5.74) is 3.22. The van der Waals surface area contributed by atoms with Gasteiger partial charge in [0.15, 0.2) is 0 Å². The van der Waals surface area contributed by atoms with Crippen molar-refractivity contribution in [2.24, 2.45) is 0 Å². The van der Waals surface area contributed by atoms with Gasteiger partial charge in [0.2, 0.25) is 11.8 Å². The first-order valence-electron chi connectivity index (χ1n) is 10.6. The van der Waals surface area contributed by atoms with Crippen molar-refractivity contribution in [3.8, 4) is 0 Å². The molecule has 1 saturated heterocycles. The van der Waals surface area contributed by atoms with Crippen LogP contribution in [0.25, 0.3) is 0 Å². The summed E-state index contributed by atoms with van der Waals surface area (Å²) >= 11 is 0. The van der Waals surface area contributed by atoms with Crippen molar-refractivity contribution < 1.29 is 19.2 Å². The van der Waals surface area contributed by atoms with Gasteiger partial charge >= 0.3 is 0 Å². The topological polar surface area (TPSA) is 71.9 Å². The van der Waals surface area contributed by atoms with Crippen LogP contribution >= 0.6 is 0 Å². The van der Waals surface area contributed by atoms with E-state index in [1.54, 1.807) is 0 Å². The van der Waals surface area contributed by atoms with Crippen LogP contribution in [0.5, 0.6) is 0 Å². The fourth-order valence-electron chi connectivity index (χ4n) is 3.83. The predicted molar refractivity (Wildman–Crippen MR) is 116 cm³/mol. The minimum absolute atomic E-state index is 0.0733. The summed E-state index contributed by atoms with van der Waals surface area (Å²) in [6.45, 7) is 7.74. The van der Waals surface area contributed by atoms with Gasteiger partial charge in [-0.15, -0.1) is 0 Å². The van der Waals surface area contributed by atoms with E-state index in [4.69, 9.17) is 4.74 Å². The summed E-state index contributed by atoms with van der Waals surface area (Å²) in [6, 6.07) is 17.5. The molecule has 0 bridgehead atoms. The van der Waals surface area contributed by atoms with E-state index < -0.39 is 0 Å². The normalized spacial score (nSPS) is 16.5. The van der Waals surface area contributed by atoms with Gasteiger partial charge in [-0.1, -0.05) is 60.2 Å². The molecule has 0 spiro atoms. The molecule has 0 saturated carbocycles. The van der Waals surface area contributed by atoms with Crippen LogP contribution in [0.15, 0.2) is 54.6 Å². The molecule has 2 aromatic carbocycles. The third kappa shape index (κ3) is 6.68. The van der Waals surface area contributed by atoms with E-state index in [0.29, 0.717) is 0 Å². The lowest BCUT2D eigenvalue weighted by molar-refractivity contribution is -0.909. The van der Waals surface area contributed by atoms with Gasteiger partial charge in [0.25, 0.3) is 0 Å². The monoisotopic (exact) mass is 410 g/mol. The van der Waals surface area contributed by atoms with Crippen LogP contribution in [-0.4, -0.2) is 44.7 Å². The summed E-state index contributed by atoms with van der Waals surface area (Å²) in [6.07, 6.45) is 0.199. The molecule has 6 heteroatoms. The first kappa shape index (κ1) is 22.0. The third-order valence-corrected chi connectivity index (χ3v) is 5.48. The Kier molecular flexibility index (Phi) is 7.99. The molecular weight excluding hydrogens is 378 g/mol. The van der Waals surface area contributed by atoms with Gasteiger partial charge < -0.3 is 20.3 Å². The Bertz CT molecular complexity index is 817. The molecule has 0 unspecified atom stereocenters. The Morgan fingerprint density at radius 3 is 2.20 bits per heavy atom. The number of hydrogen-bond donors (Lipinski definition) is 3. The zero-order valence-corrected chi connectivity index (χ0v) is 17.8. The molecule has 0 aliphatic carbocycles. The summed E-state index contributed by atoms with van der Waals surface area (Å²) in [5, 5.41) is 6.13. The first-order chi connectivity index (χ1) is 14.5. The average Bonchev–Trinajstić information content (AvgIpc) is 2.74. The Hall–Kier alpha value is -2.70. The van der Waals surface area contributed by atoms with Gasteiger partial charge in [0, 0.05) is 6.92 Å². The zero-order chi connectivity index (χ0) is 21.3. The quantitative estimate of drug-likeness (QED) is 0.615. The summed E-state index contributed by atoms with van der Waals surface area (Å²) < 4.78 is 5.47. The number of quaternary nitrogens is 1. The smallest absolute Gasteiger partial charge is 0.223 e. The lowest BCUT2D eigenvalue weighted by Crippen LogP contribution is -3.14. The highest BCUT2D eigenvalue weighted by molar-refractivity contribution is 5.79. The van der Waals surface area contributed by atoms with Crippen LogP contribution < -0.4 is 15.5 Å². The van der Waals surface area contributed by atoms with Crippen LogP contribution in [0.3, 0.4) is 0 Å². The number of rotatable bonds is 8. The maximum Gasteiger partial charge on any atom is 0.223 e. The first-order valence-corrected chi connectivity index (χ1v) is 10.6. The van der Waals surface area contributed by atoms with Crippen molar-refractivity contribution in [3.63, 3.8) is 0 Å². The lowest BCUT2D eigenvalue weighted by Gasteiger charge is -2.29. The maximum atomic E-state index is 13.0. The van der Waals surface area contributed by atoms with E-state index in [9.17, 15) is 9.59 Å². The minimum Gasteiger partial charge on any atom is -0.370 e. The van der Waals surface area contributed by atoms with Crippen molar-refractivity contribution >= 4 is 11.8 Å². The van der Waals surface area contributed by atoms with Gasteiger partial charge in [-0.3, -0.25) is 9.59 Å². The zero-order valence-electron chi connectivity index (χ0n) is 17.8. The molecule has 1 aliphatic heterocycles. The Labute approximate surface area is 178 Å². The van der Waals surface area contributed by atoms with Gasteiger partial charge in [-0.05, 0) is 18.1 Å². The second kappa shape index (κ2) is 10.9. The number of hydrogen-bond acceptors (Lipinski definition) is 3. The number of benzene rings is 2. The van der Waals surface area contributed by atoms with E-state index in [1.807, 2.05) is 30.3 Å². The molecule has 2 aromatic rings. The Morgan fingerprint density at radius 2 is 1.57 bits per heavy atom. The van der Waals surface area contributed by atoms with Crippen LogP contribution in [0.2, 0.25) is 0 Å². The molecule has 0 radical (unpaired) electrons. The standard InChI is InChI=1S/C24H31N3O3/c1-18-8-10-21(11-9-18)23(17-27-12-14-30-15-13-27)26-24(29)16-22(25-19(2)28)20-6-4-3-5-7-20/h3-11,22-23H,12-17H2,1-2H3,(H,25,28)(H,26,29)/p+1/t22-,23+/m0/s1. The molecule has 2 atom stereocenters. The minimum atomic E-state index is -0.349. The van der Waals surface area contributed by atoms with Crippen molar-refractivity contribution in [3.05, 3.63) is 71.3 Å². The van der Waals surface area contributed by atoms with Crippen LogP contribution in [-0.2, 0) is 14.3 Å². The van der Waals surface area contributed by atoms with Gasteiger partial charge in [-0.25, -0.2) is 0 Å². The highest BCUT2D eigenvalue weighted by Gasteiger charge is 2.25. The van der Waals surface area contributed by atoms with E-state index in [1.165, 1.54) is 17.4 Å². The number of nitrogens with one attached hydrogen (secondary N) is 3. The molecule has 3 rings (SSSR count). The van der Waals surface area contributed by atoms with Crippen molar-refractivity contribution in [1.29, 1.82) is 0 Å². The number of morpholine rings is 1. The van der Waals surface area contributed by atoms with Crippen LogP contribution in [0, 0.1) is 6.92 Å². The molecule has 1 fully saturated rings. The number of amides is 2. The third-order valence-electron chi connectivity index (χ3n) is 5.48. The van der Waals surface area contributed by atoms with E-state index in [-0.39, 0.29) is 30.3 Å². The number of ether oxygens (including phenoxy) is 1. The number of carbonyl (C=O) groups excluding carboxylic acids is 2. The van der Waals surface area contributed by atoms with Crippen LogP contribution in [0.1, 0.15) is 42.1 Å². The molecule has 30 heavy (non-hydrogen) atoms. The fraction of sp³-hybridized carbons (Fsp3) is 0.417. The molecule has 0 aromatic heterocycles. The highest BCUT2D eigenvalue weighted by atomic mass is 16.5. The van der Waals surface area contributed by atoms with Crippen molar-refractivity contribution in [2.45, 2.75) is 32.4 Å². The Morgan fingerprint density at radius 1 is 0.933 bits per heavy atom. The molecule has 160 valence electrons. The molecule has 1 heterocycles. The molecule has 6 nitrogen and oxygen atoms in total. The molecule has 3 N–H and O–H groups in total. The van der Waals surface area contributed by atoms with Gasteiger partial charge in [0.1, 0.15) is 25.7 Å². The number of carbonyl (C=O) groups is 2. The maximum absolute atomic E-state index is 13.0. The van der Waals surface area contributed by atoms with Gasteiger partial charge in [-0.2, -0.15) is 0 Å². The molecule has 1 aliphatic rings. The van der Waals surface area contributed by atoms with E-state index >= 15 is 0 Å². The second-order valence-electron chi connectivity index (χ2n) is 7.97. The SMILES string of the molecule is CC(=O)N[C@@H](CC(=O)N[C@H](C[NH+]1CCOCC1)c1ccc(C)cc1)c1ccccc1. The number of aryl methyl sites for hydroxylation is 1. The summed E-state index contributed by atoms with van der Waals surface area (Å²) in [4.78, 5) is 26.1. The lowest BCUT2D eigenvalue weighted by atomic mass is 10.0. The van der Waals surface area contributed by atoms with E-state index in [2.05, 4.69) is 41.8 Å². The van der Waals surface area contributed by atoms with E-state index in [0.717, 1.165) is 44.0 Å². The van der Waals surface area contributed by atoms with Crippen LogP contribution in [0.4, 0.5) is 0 Å². The highest BCUT2D eigenvalue weighted by Crippen LogP contribution is 2.18. The summed E-state index contributed by atoms with van der Waals surface area (Å²) in [5.74, 6) is -0.222. The molecular formula is C24H32N3O3+.